The molecule has 1 aromatic heterocycles. The molecule has 0 saturated carbocycles. The number of carbonyl (C=O) groups excluding carboxylic acids is 2. The first-order chi connectivity index (χ1) is 9.18. The van der Waals surface area contributed by atoms with Crippen LogP contribution < -0.4 is 5.32 Å². The Morgan fingerprint density at radius 2 is 2.16 bits per heavy atom. The van der Waals surface area contributed by atoms with Crippen LogP contribution >= 0.6 is 0 Å². The number of hydrogen-bond donors (Lipinski definition) is 1. The van der Waals surface area contributed by atoms with Crippen molar-refractivity contribution in [1.29, 1.82) is 0 Å². The van der Waals surface area contributed by atoms with Crippen molar-refractivity contribution in [2.24, 2.45) is 0 Å². The monoisotopic (exact) mass is 262 g/mol. The second kappa shape index (κ2) is 6.29. The molecule has 1 saturated heterocycles. The highest BCUT2D eigenvalue weighted by Crippen LogP contribution is 2.02. The Morgan fingerprint density at radius 3 is 2.79 bits per heavy atom. The number of amides is 2. The third kappa shape index (κ3) is 3.51. The zero-order valence-corrected chi connectivity index (χ0v) is 11.0. The molecule has 6 nitrogen and oxygen atoms in total. The summed E-state index contributed by atoms with van der Waals surface area (Å²) in [5.41, 5.74) is 0.498. The Morgan fingerprint density at radius 1 is 1.42 bits per heavy atom. The van der Waals surface area contributed by atoms with Crippen molar-refractivity contribution in [3.63, 3.8) is 0 Å². The number of aromatic nitrogens is 1. The normalized spacial score (nSPS) is 15.1. The van der Waals surface area contributed by atoms with Gasteiger partial charge in [-0.25, -0.2) is 0 Å². The second-order valence-corrected chi connectivity index (χ2v) is 4.53. The van der Waals surface area contributed by atoms with E-state index in [9.17, 15) is 9.59 Å². The quantitative estimate of drug-likeness (QED) is 0.804. The molecule has 1 aliphatic rings. The molecule has 2 heterocycles. The summed E-state index contributed by atoms with van der Waals surface area (Å²) in [6, 6.07) is 3.40. The van der Waals surface area contributed by atoms with Gasteiger partial charge in [0.05, 0.1) is 12.1 Å². The summed E-state index contributed by atoms with van der Waals surface area (Å²) >= 11 is 0. The van der Waals surface area contributed by atoms with Crippen LogP contribution in [0.5, 0.6) is 0 Å². The van der Waals surface area contributed by atoms with Crippen molar-refractivity contribution < 1.29 is 9.59 Å². The molecular weight excluding hydrogens is 244 g/mol. The van der Waals surface area contributed by atoms with E-state index >= 15 is 0 Å². The molecule has 19 heavy (non-hydrogen) atoms. The number of rotatable bonds is 3. The Bertz CT molecular complexity index is 443. The maximum atomic E-state index is 12.1. The largest absolute Gasteiger partial charge is 0.339 e. The van der Waals surface area contributed by atoms with E-state index in [1.54, 1.807) is 30.3 Å². The molecule has 0 aliphatic carbocycles. The number of pyridine rings is 1. The van der Waals surface area contributed by atoms with Gasteiger partial charge in [0.1, 0.15) is 0 Å². The van der Waals surface area contributed by atoms with Crippen molar-refractivity contribution in [3.8, 4) is 0 Å². The van der Waals surface area contributed by atoms with Gasteiger partial charge in [-0.1, -0.05) is 0 Å². The molecular formula is C13H18N4O2. The minimum atomic E-state index is -0.184. The molecule has 1 aromatic rings. The minimum absolute atomic E-state index is 0.0127. The van der Waals surface area contributed by atoms with Gasteiger partial charge in [0, 0.05) is 45.6 Å². The van der Waals surface area contributed by atoms with E-state index in [2.05, 4.69) is 10.3 Å². The lowest BCUT2D eigenvalue weighted by atomic mass is 10.2. The van der Waals surface area contributed by atoms with Gasteiger partial charge in [-0.3, -0.25) is 14.6 Å². The molecule has 0 atom stereocenters. The molecule has 0 aromatic carbocycles. The van der Waals surface area contributed by atoms with E-state index in [1.807, 2.05) is 0 Å². The van der Waals surface area contributed by atoms with Gasteiger partial charge in [-0.2, -0.15) is 0 Å². The summed E-state index contributed by atoms with van der Waals surface area (Å²) in [6.07, 6.45) is 3.12. The maximum absolute atomic E-state index is 12.1. The fourth-order valence-corrected chi connectivity index (χ4v) is 2.00. The summed E-state index contributed by atoms with van der Waals surface area (Å²) in [5, 5.41) is 3.19. The average Bonchev–Trinajstić information content (AvgIpc) is 2.48. The summed E-state index contributed by atoms with van der Waals surface area (Å²) < 4.78 is 0. The number of nitrogens with zero attached hydrogens (tertiary/aromatic N) is 3. The first-order valence-electron chi connectivity index (χ1n) is 6.32. The van der Waals surface area contributed by atoms with Crippen molar-refractivity contribution in [2.45, 2.75) is 0 Å². The number of piperazine rings is 1. The van der Waals surface area contributed by atoms with Crippen LogP contribution in [0.15, 0.2) is 24.5 Å². The van der Waals surface area contributed by atoms with Crippen LogP contribution in [0.4, 0.5) is 0 Å². The van der Waals surface area contributed by atoms with Crippen molar-refractivity contribution in [3.05, 3.63) is 30.1 Å². The topological polar surface area (TPSA) is 65.5 Å². The summed E-state index contributed by atoms with van der Waals surface area (Å²) in [4.78, 5) is 31.2. The lowest BCUT2D eigenvalue weighted by molar-refractivity contribution is -0.132. The Balaban J connectivity index is 1.91. The van der Waals surface area contributed by atoms with Gasteiger partial charge in [0.2, 0.25) is 5.91 Å². The number of likely N-dealkylation sites (N-methyl/N-ethyl adjacent to an activating group) is 1. The Hall–Kier alpha value is -1.95. The van der Waals surface area contributed by atoms with Crippen LogP contribution in [0, 0.1) is 0 Å². The Labute approximate surface area is 112 Å². The molecule has 102 valence electrons. The van der Waals surface area contributed by atoms with Crippen molar-refractivity contribution in [1.82, 2.24) is 20.1 Å². The van der Waals surface area contributed by atoms with Crippen LogP contribution in [0.25, 0.3) is 0 Å². The SMILES string of the molecule is CN(CC(=O)N1CCNCC1)C(=O)c1cccnc1. The standard InChI is InChI=1S/C13H18N4O2/c1-16(13(19)11-3-2-4-15-9-11)10-12(18)17-7-5-14-6-8-17/h2-4,9,14H,5-8,10H2,1H3. The van der Waals surface area contributed by atoms with Gasteiger partial charge in [0.15, 0.2) is 0 Å². The van der Waals surface area contributed by atoms with Gasteiger partial charge in [-0.05, 0) is 12.1 Å². The van der Waals surface area contributed by atoms with Crippen LogP contribution in [0.1, 0.15) is 10.4 Å². The van der Waals surface area contributed by atoms with Crippen molar-refractivity contribution in [2.75, 3.05) is 39.8 Å². The molecule has 1 aliphatic heterocycles. The number of hydrogen-bond acceptors (Lipinski definition) is 4. The van der Waals surface area contributed by atoms with Gasteiger partial charge >= 0.3 is 0 Å². The van der Waals surface area contributed by atoms with Crippen molar-refractivity contribution >= 4 is 11.8 Å². The highest BCUT2D eigenvalue weighted by Gasteiger charge is 2.20. The highest BCUT2D eigenvalue weighted by molar-refractivity contribution is 5.96. The lowest BCUT2D eigenvalue weighted by Gasteiger charge is -2.29. The smallest absolute Gasteiger partial charge is 0.255 e. The third-order valence-electron chi connectivity index (χ3n) is 3.10. The number of carbonyl (C=O) groups is 2. The second-order valence-electron chi connectivity index (χ2n) is 4.53. The molecule has 2 rings (SSSR count). The molecule has 2 amide bonds. The predicted molar refractivity (Wildman–Crippen MR) is 70.6 cm³/mol. The molecule has 0 radical (unpaired) electrons. The maximum Gasteiger partial charge on any atom is 0.255 e. The number of nitrogens with one attached hydrogen (secondary N) is 1. The third-order valence-corrected chi connectivity index (χ3v) is 3.10. The highest BCUT2D eigenvalue weighted by atomic mass is 16.2. The first-order valence-corrected chi connectivity index (χ1v) is 6.32. The van der Waals surface area contributed by atoms with E-state index in [1.165, 1.54) is 11.1 Å². The minimum Gasteiger partial charge on any atom is -0.339 e. The zero-order chi connectivity index (χ0) is 13.7. The van der Waals surface area contributed by atoms with E-state index in [0.29, 0.717) is 18.7 Å². The molecule has 0 spiro atoms. The van der Waals surface area contributed by atoms with E-state index in [-0.39, 0.29) is 18.4 Å². The molecule has 1 fully saturated rings. The summed E-state index contributed by atoms with van der Waals surface area (Å²) in [7, 11) is 1.63. The van der Waals surface area contributed by atoms with E-state index in [4.69, 9.17) is 0 Å². The summed E-state index contributed by atoms with van der Waals surface area (Å²) in [5.74, 6) is -0.196. The molecule has 0 bridgehead atoms. The van der Waals surface area contributed by atoms with Gasteiger partial charge < -0.3 is 15.1 Å². The zero-order valence-electron chi connectivity index (χ0n) is 11.0. The lowest BCUT2D eigenvalue weighted by Crippen LogP contribution is -2.49. The van der Waals surface area contributed by atoms with Gasteiger partial charge in [0.25, 0.3) is 5.91 Å². The molecule has 1 N–H and O–H groups in total. The molecule has 0 unspecified atom stereocenters. The van der Waals surface area contributed by atoms with E-state index < -0.39 is 0 Å². The van der Waals surface area contributed by atoms with Gasteiger partial charge in [-0.15, -0.1) is 0 Å². The first kappa shape index (κ1) is 13.5. The van der Waals surface area contributed by atoms with E-state index in [0.717, 1.165) is 13.1 Å². The fourth-order valence-electron chi connectivity index (χ4n) is 2.00. The average molecular weight is 262 g/mol. The fraction of sp³-hybridized carbons (Fsp3) is 0.462. The van der Waals surface area contributed by atoms with Crippen LogP contribution in [-0.4, -0.2) is 66.4 Å². The van der Waals surface area contributed by atoms with Crippen LogP contribution in [0.2, 0.25) is 0 Å². The van der Waals surface area contributed by atoms with Crippen LogP contribution in [-0.2, 0) is 4.79 Å². The van der Waals surface area contributed by atoms with Crippen LogP contribution in [0.3, 0.4) is 0 Å². The molecule has 6 heteroatoms. The predicted octanol–water partition coefficient (Wildman–Crippen LogP) is -0.415. The summed E-state index contributed by atoms with van der Waals surface area (Å²) in [6.45, 7) is 3.13. The Kier molecular flexibility index (Phi) is 4.46.